The fraction of sp³-hybridized carbons (Fsp3) is 0.200. The third kappa shape index (κ3) is 3.28. The van der Waals surface area contributed by atoms with E-state index in [0.29, 0.717) is 6.54 Å². The average Bonchev–Trinajstić information content (AvgIpc) is 2.91. The van der Waals surface area contributed by atoms with Crippen LogP contribution in [0.1, 0.15) is 0 Å². The number of pyridine rings is 1. The number of anilines is 1. The highest BCUT2D eigenvalue weighted by atomic mass is 32.2. The lowest BCUT2D eigenvalue weighted by Gasteiger charge is -2.10. The van der Waals surface area contributed by atoms with E-state index >= 15 is 0 Å². The number of sulfonamides is 1. The number of nitrogens with two attached hydrogens (primary N) is 1. The van der Waals surface area contributed by atoms with E-state index in [1.54, 1.807) is 23.3 Å². The zero-order valence-electron chi connectivity index (χ0n) is 10.0. The first kappa shape index (κ1) is 13.5. The summed E-state index contributed by atoms with van der Waals surface area (Å²) in [5.74, 6) is 5.34. The van der Waals surface area contributed by atoms with Gasteiger partial charge in [-0.3, -0.25) is 0 Å². The average molecular weight is 282 g/mol. The first-order chi connectivity index (χ1) is 9.13. The topological polar surface area (TPSA) is 115 Å². The molecule has 0 spiro atoms. The van der Waals surface area contributed by atoms with Crippen LogP contribution in [0.2, 0.25) is 0 Å². The molecule has 0 saturated heterocycles. The number of hydrazine groups is 1. The number of nitrogens with one attached hydrogen (secondary N) is 2. The summed E-state index contributed by atoms with van der Waals surface area (Å²) in [6, 6.07) is 2.97. The standard InChI is InChI=1S/C10H14N6O2S/c11-15-10-9(2-1-3-13-10)19(17,18)14-5-7-16-6-4-12-8-16/h1-4,6,8,14H,5,7,11H2,(H,13,15). The molecule has 9 heteroatoms. The van der Waals surface area contributed by atoms with Crippen molar-refractivity contribution in [3.05, 3.63) is 37.1 Å². The molecular weight excluding hydrogens is 268 g/mol. The van der Waals surface area contributed by atoms with Gasteiger partial charge in [-0.2, -0.15) is 0 Å². The van der Waals surface area contributed by atoms with Crippen LogP contribution in [0, 0.1) is 0 Å². The molecule has 0 aliphatic heterocycles. The van der Waals surface area contributed by atoms with Gasteiger partial charge in [0.2, 0.25) is 10.0 Å². The lowest BCUT2D eigenvalue weighted by molar-refractivity contribution is 0.572. The molecular formula is C10H14N6O2S. The Labute approximate surface area is 110 Å². The van der Waals surface area contributed by atoms with Crippen molar-refractivity contribution < 1.29 is 8.42 Å². The van der Waals surface area contributed by atoms with Gasteiger partial charge in [0, 0.05) is 31.7 Å². The smallest absolute Gasteiger partial charge is 0.244 e. The maximum Gasteiger partial charge on any atom is 0.244 e. The third-order valence-corrected chi connectivity index (χ3v) is 3.91. The van der Waals surface area contributed by atoms with Gasteiger partial charge in [-0.1, -0.05) is 0 Å². The highest BCUT2D eigenvalue weighted by Gasteiger charge is 2.18. The maximum absolute atomic E-state index is 12.1. The zero-order chi connectivity index (χ0) is 13.7. The number of aromatic nitrogens is 3. The minimum atomic E-state index is -3.64. The Bertz CT molecular complexity index is 625. The molecule has 2 heterocycles. The van der Waals surface area contributed by atoms with Crippen LogP contribution in [0.4, 0.5) is 5.82 Å². The number of nitrogens with zero attached hydrogens (tertiary/aromatic N) is 3. The fourth-order valence-corrected chi connectivity index (χ4v) is 2.66. The van der Waals surface area contributed by atoms with Crippen molar-refractivity contribution in [2.75, 3.05) is 12.0 Å². The lowest BCUT2D eigenvalue weighted by atomic mass is 10.5. The Hall–Kier alpha value is -1.97. The summed E-state index contributed by atoms with van der Waals surface area (Å²) in [6.45, 7) is 0.739. The van der Waals surface area contributed by atoms with E-state index in [0.717, 1.165) is 0 Å². The van der Waals surface area contributed by atoms with E-state index < -0.39 is 10.0 Å². The number of rotatable bonds is 6. The van der Waals surface area contributed by atoms with Crippen molar-refractivity contribution in [1.29, 1.82) is 0 Å². The summed E-state index contributed by atoms with van der Waals surface area (Å²) < 4.78 is 28.4. The predicted octanol–water partition coefficient (Wildman–Crippen LogP) is -0.458. The van der Waals surface area contributed by atoms with Gasteiger partial charge in [-0.25, -0.2) is 29.0 Å². The summed E-state index contributed by atoms with van der Waals surface area (Å²) >= 11 is 0. The number of hydrogen-bond donors (Lipinski definition) is 3. The Morgan fingerprint density at radius 2 is 2.21 bits per heavy atom. The Morgan fingerprint density at radius 3 is 2.89 bits per heavy atom. The highest BCUT2D eigenvalue weighted by molar-refractivity contribution is 7.89. The van der Waals surface area contributed by atoms with Crippen molar-refractivity contribution in [1.82, 2.24) is 19.3 Å². The second-order valence-corrected chi connectivity index (χ2v) is 5.43. The Balaban J connectivity index is 2.05. The summed E-state index contributed by atoms with van der Waals surface area (Å²) in [5, 5.41) is 0. The minimum Gasteiger partial charge on any atom is -0.336 e. The molecule has 0 bridgehead atoms. The maximum atomic E-state index is 12.1. The summed E-state index contributed by atoms with van der Waals surface area (Å²) in [7, 11) is -3.64. The van der Waals surface area contributed by atoms with Gasteiger partial charge < -0.3 is 9.99 Å². The predicted molar refractivity (Wildman–Crippen MR) is 69.5 cm³/mol. The minimum absolute atomic E-state index is 0.0168. The molecule has 0 aromatic carbocycles. The van der Waals surface area contributed by atoms with Crippen LogP contribution >= 0.6 is 0 Å². The van der Waals surface area contributed by atoms with E-state index in [1.807, 2.05) is 0 Å². The van der Waals surface area contributed by atoms with E-state index in [9.17, 15) is 8.42 Å². The molecule has 0 aliphatic carbocycles. The number of imidazole rings is 1. The normalized spacial score (nSPS) is 11.4. The van der Waals surface area contributed by atoms with Crippen molar-refractivity contribution in [3.63, 3.8) is 0 Å². The lowest BCUT2D eigenvalue weighted by Crippen LogP contribution is -2.28. The molecule has 0 aliphatic rings. The largest absolute Gasteiger partial charge is 0.336 e. The molecule has 0 saturated carbocycles. The summed E-state index contributed by atoms with van der Waals surface area (Å²) in [4.78, 5) is 7.74. The molecule has 102 valence electrons. The van der Waals surface area contributed by atoms with E-state index in [4.69, 9.17) is 5.84 Å². The second kappa shape index (κ2) is 5.78. The van der Waals surface area contributed by atoms with Gasteiger partial charge in [0.15, 0.2) is 5.82 Å². The molecule has 4 N–H and O–H groups in total. The van der Waals surface area contributed by atoms with Gasteiger partial charge in [0.25, 0.3) is 0 Å². The second-order valence-electron chi connectivity index (χ2n) is 3.69. The van der Waals surface area contributed by atoms with Crippen molar-refractivity contribution in [2.24, 2.45) is 5.84 Å². The highest BCUT2D eigenvalue weighted by Crippen LogP contribution is 2.16. The van der Waals surface area contributed by atoms with Crippen LogP contribution in [0.3, 0.4) is 0 Å². The molecule has 8 nitrogen and oxygen atoms in total. The number of nitrogen functional groups attached to an aromatic ring is 1. The van der Waals surface area contributed by atoms with Gasteiger partial charge in [0.1, 0.15) is 4.90 Å². The molecule has 19 heavy (non-hydrogen) atoms. The summed E-state index contributed by atoms with van der Waals surface area (Å²) in [5.41, 5.74) is 2.26. The van der Waals surface area contributed by atoms with E-state index in [2.05, 4.69) is 20.1 Å². The van der Waals surface area contributed by atoms with Gasteiger partial charge in [-0.15, -0.1) is 0 Å². The SMILES string of the molecule is NNc1ncccc1S(=O)(=O)NCCn1ccnc1. The van der Waals surface area contributed by atoms with Crippen molar-refractivity contribution >= 4 is 15.8 Å². The first-order valence-electron chi connectivity index (χ1n) is 5.50. The van der Waals surface area contributed by atoms with Crippen LogP contribution in [-0.4, -0.2) is 29.5 Å². The van der Waals surface area contributed by atoms with Gasteiger partial charge in [0.05, 0.1) is 6.33 Å². The van der Waals surface area contributed by atoms with Gasteiger partial charge >= 0.3 is 0 Å². The molecule has 2 rings (SSSR count). The van der Waals surface area contributed by atoms with Crippen LogP contribution in [0.5, 0.6) is 0 Å². The van der Waals surface area contributed by atoms with Crippen LogP contribution in [0.15, 0.2) is 41.9 Å². The molecule has 0 atom stereocenters. The Morgan fingerprint density at radius 1 is 1.37 bits per heavy atom. The van der Waals surface area contributed by atoms with Crippen LogP contribution < -0.4 is 16.0 Å². The number of hydrogen-bond acceptors (Lipinski definition) is 6. The van der Waals surface area contributed by atoms with Gasteiger partial charge in [-0.05, 0) is 12.1 Å². The van der Waals surface area contributed by atoms with Crippen molar-refractivity contribution in [2.45, 2.75) is 11.4 Å². The molecule has 0 unspecified atom stereocenters. The molecule has 0 fully saturated rings. The zero-order valence-corrected chi connectivity index (χ0v) is 10.8. The third-order valence-electron chi connectivity index (χ3n) is 2.42. The molecule has 0 radical (unpaired) electrons. The van der Waals surface area contributed by atoms with Crippen LogP contribution in [0.25, 0.3) is 0 Å². The molecule has 0 amide bonds. The first-order valence-corrected chi connectivity index (χ1v) is 6.99. The Kier molecular flexibility index (Phi) is 4.10. The molecule has 2 aromatic rings. The monoisotopic (exact) mass is 282 g/mol. The van der Waals surface area contributed by atoms with E-state index in [-0.39, 0.29) is 17.3 Å². The quantitative estimate of drug-likeness (QED) is 0.488. The molecule has 2 aromatic heterocycles. The fourth-order valence-electron chi connectivity index (χ4n) is 1.52. The van der Waals surface area contributed by atoms with Crippen LogP contribution in [-0.2, 0) is 16.6 Å². The summed E-state index contributed by atoms with van der Waals surface area (Å²) in [6.07, 6.45) is 6.46. The van der Waals surface area contributed by atoms with Crippen molar-refractivity contribution in [3.8, 4) is 0 Å². The van der Waals surface area contributed by atoms with E-state index in [1.165, 1.54) is 18.3 Å².